The van der Waals surface area contributed by atoms with Crippen molar-refractivity contribution in [1.82, 2.24) is 4.98 Å². The smallest absolute Gasteiger partial charge is 0.261 e. The van der Waals surface area contributed by atoms with Crippen LogP contribution in [-0.2, 0) is 22.9 Å². The molecule has 0 saturated heterocycles. The van der Waals surface area contributed by atoms with E-state index in [1.807, 2.05) is 0 Å². The molecular formula is C19H16FN3O3S2. The summed E-state index contributed by atoms with van der Waals surface area (Å²) in [6.45, 7) is 0. The average molecular weight is 417 g/mol. The van der Waals surface area contributed by atoms with Gasteiger partial charge < -0.3 is 0 Å². The minimum absolute atomic E-state index is 0.0685. The van der Waals surface area contributed by atoms with E-state index < -0.39 is 15.8 Å². The second kappa shape index (κ2) is 7.33. The van der Waals surface area contributed by atoms with Gasteiger partial charge in [-0.15, -0.1) is 11.3 Å². The molecule has 6 nitrogen and oxygen atoms in total. The number of aryl methyl sites for hydroxylation is 2. The maximum atomic E-state index is 13.0. The number of aromatic nitrogens is 1. The van der Waals surface area contributed by atoms with Crippen molar-refractivity contribution < 1.29 is 17.6 Å². The van der Waals surface area contributed by atoms with Crippen molar-refractivity contribution in [2.75, 3.05) is 10.0 Å². The first-order valence-electron chi connectivity index (χ1n) is 8.59. The van der Waals surface area contributed by atoms with E-state index >= 15 is 0 Å². The van der Waals surface area contributed by atoms with Crippen molar-refractivity contribution in [1.29, 1.82) is 0 Å². The van der Waals surface area contributed by atoms with Gasteiger partial charge in [0.25, 0.3) is 15.9 Å². The Morgan fingerprint density at radius 1 is 1.11 bits per heavy atom. The number of hydrogen-bond donors (Lipinski definition) is 2. The third-order valence-corrected chi connectivity index (χ3v) is 6.79. The molecule has 4 rings (SSSR count). The Balaban J connectivity index is 1.50. The lowest BCUT2D eigenvalue weighted by Gasteiger charge is -2.09. The number of anilines is 2. The zero-order chi connectivity index (χ0) is 19.7. The van der Waals surface area contributed by atoms with Crippen LogP contribution in [0.3, 0.4) is 0 Å². The Morgan fingerprint density at radius 3 is 2.64 bits per heavy atom. The van der Waals surface area contributed by atoms with Gasteiger partial charge in [0.05, 0.1) is 10.6 Å². The second-order valence-corrected chi connectivity index (χ2v) is 9.10. The summed E-state index contributed by atoms with van der Waals surface area (Å²) in [5, 5.41) is 3.31. The average Bonchev–Trinajstić information content (AvgIpc) is 3.23. The summed E-state index contributed by atoms with van der Waals surface area (Å²) in [7, 11) is -3.89. The predicted molar refractivity (Wildman–Crippen MR) is 106 cm³/mol. The van der Waals surface area contributed by atoms with Gasteiger partial charge in [0.15, 0.2) is 5.13 Å². The molecule has 0 radical (unpaired) electrons. The molecule has 9 heteroatoms. The second-order valence-electron chi connectivity index (χ2n) is 6.34. The lowest BCUT2D eigenvalue weighted by molar-refractivity contribution is 0.102. The Morgan fingerprint density at radius 2 is 1.89 bits per heavy atom. The van der Waals surface area contributed by atoms with Crippen molar-refractivity contribution in [3.63, 3.8) is 0 Å². The molecule has 1 heterocycles. The number of carbonyl (C=O) groups excluding carboxylic acids is 1. The van der Waals surface area contributed by atoms with Gasteiger partial charge in [0, 0.05) is 16.1 Å². The van der Waals surface area contributed by atoms with Gasteiger partial charge in [0.2, 0.25) is 0 Å². The molecule has 1 aromatic heterocycles. The number of amides is 1. The summed E-state index contributed by atoms with van der Waals surface area (Å²) in [4.78, 5) is 18.1. The number of halogens is 1. The third-order valence-electron chi connectivity index (χ3n) is 4.32. The van der Waals surface area contributed by atoms with Gasteiger partial charge in [-0.25, -0.2) is 17.8 Å². The van der Waals surface area contributed by atoms with E-state index in [-0.39, 0.29) is 16.5 Å². The van der Waals surface area contributed by atoms with Crippen LogP contribution < -0.4 is 10.0 Å². The van der Waals surface area contributed by atoms with Crippen molar-refractivity contribution in [3.8, 4) is 0 Å². The van der Waals surface area contributed by atoms with Gasteiger partial charge in [-0.2, -0.15) is 0 Å². The molecule has 0 saturated carbocycles. The van der Waals surface area contributed by atoms with E-state index in [1.165, 1.54) is 40.5 Å². The molecule has 0 aliphatic heterocycles. The maximum Gasteiger partial charge on any atom is 0.261 e. The number of hydrogen-bond acceptors (Lipinski definition) is 5. The van der Waals surface area contributed by atoms with Crippen LogP contribution in [0.4, 0.5) is 15.2 Å². The molecule has 2 N–H and O–H groups in total. The normalized spacial score (nSPS) is 13.2. The van der Waals surface area contributed by atoms with Crippen LogP contribution >= 0.6 is 11.3 Å². The van der Waals surface area contributed by atoms with Crippen LogP contribution in [0.5, 0.6) is 0 Å². The molecule has 0 fully saturated rings. The first-order chi connectivity index (χ1) is 13.4. The molecule has 1 aliphatic carbocycles. The molecule has 1 aliphatic rings. The van der Waals surface area contributed by atoms with Crippen LogP contribution in [0.2, 0.25) is 0 Å². The topological polar surface area (TPSA) is 88.2 Å². The molecule has 0 spiro atoms. The van der Waals surface area contributed by atoms with Crippen molar-refractivity contribution >= 4 is 38.1 Å². The first-order valence-corrected chi connectivity index (χ1v) is 10.9. The molecule has 28 heavy (non-hydrogen) atoms. The summed E-state index contributed by atoms with van der Waals surface area (Å²) in [6, 6.07) is 10.7. The summed E-state index contributed by atoms with van der Waals surface area (Å²) in [5.74, 6) is -0.888. The largest absolute Gasteiger partial charge is 0.298 e. The summed E-state index contributed by atoms with van der Waals surface area (Å²) in [6.07, 6.45) is 3.02. The highest BCUT2D eigenvalue weighted by Crippen LogP contribution is 2.30. The van der Waals surface area contributed by atoms with E-state index in [9.17, 15) is 17.6 Å². The number of benzene rings is 2. The molecule has 0 bridgehead atoms. The van der Waals surface area contributed by atoms with E-state index in [4.69, 9.17) is 0 Å². The molecule has 1 amide bonds. The highest BCUT2D eigenvalue weighted by Gasteiger charge is 2.19. The third kappa shape index (κ3) is 3.90. The zero-order valence-corrected chi connectivity index (χ0v) is 16.2. The minimum Gasteiger partial charge on any atom is -0.298 e. The Bertz CT molecular complexity index is 1120. The van der Waals surface area contributed by atoms with E-state index in [2.05, 4.69) is 15.0 Å². The monoisotopic (exact) mass is 417 g/mol. The fraction of sp³-hybridized carbons (Fsp3) is 0.158. The highest BCUT2D eigenvalue weighted by atomic mass is 32.2. The number of rotatable bonds is 5. The molecule has 0 atom stereocenters. The van der Waals surface area contributed by atoms with E-state index in [0.29, 0.717) is 10.7 Å². The first kappa shape index (κ1) is 18.6. The van der Waals surface area contributed by atoms with Crippen LogP contribution in [0.25, 0.3) is 0 Å². The Labute approximate surface area is 165 Å². The van der Waals surface area contributed by atoms with Gasteiger partial charge in [0.1, 0.15) is 5.82 Å². The Kier molecular flexibility index (Phi) is 4.86. The SMILES string of the molecule is O=C(Nc1nc2c(s1)CCC2)c1cccc(NS(=O)(=O)c2ccc(F)cc2)c1. The van der Waals surface area contributed by atoms with Crippen LogP contribution in [0.15, 0.2) is 53.4 Å². The molecule has 2 aromatic carbocycles. The molecule has 144 valence electrons. The fourth-order valence-corrected chi connectivity index (χ4v) is 5.06. The fourth-order valence-electron chi connectivity index (χ4n) is 2.96. The minimum atomic E-state index is -3.89. The van der Waals surface area contributed by atoms with Crippen LogP contribution in [0.1, 0.15) is 27.3 Å². The highest BCUT2D eigenvalue weighted by molar-refractivity contribution is 7.92. The van der Waals surface area contributed by atoms with Crippen molar-refractivity contribution in [3.05, 3.63) is 70.5 Å². The molecular weight excluding hydrogens is 401 g/mol. The number of sulfonamides is 1. The van der Waals surface area contributed by atoms with Crippen LogP contribution in [0, 0.1) is 5.82 Å². The Hall–Kier alpha value is -2.78. The summed E-state index contributed by atoms with van der Waals surface area (Å²) < 4.78 is 40.3. The number of fused-ring (bicyclic) bond motifs is 1. The van der Waals surface area contributed by atoms with Crippen molar-refractivity contribution in [2.24, 2.45) is 0 Å². The summed E-state index contributed by atoms with van der Waals surface area (Å²) >= 11 is 1.47. The number of thiazole rings is 1. The van der Waals surface area contributed by atoms with Gasteiger partial charge in [-0.05, 0) is 61.7 Å². The van der Waals surface area contributed by atoms with E-state index in [0.717, 1.165) is 37.1 Å². The van der Waals surface area contributed by atoms with Crippen LogP contribution in [-0.4, -0.2) is 19.3 Å². The van der Waals surface area contributed by atoms with Gasteiger partial charge in [-0.3, -0.25) is 14.8 Å². The lowest BCUT2D eigenvalue weighted by atomic mass is 10.2. The number of nitrogens with one attached hydrogen (secondary N) is 2. The molecule has 0 unspecified atom stereocenters. The molecule has 3 aromatic rings. The quantitative estimate of drug-likeness (QED) is 0.661. The standard InChI is InChI=1S/C19H16FN3O3S2/c20-13-7-9-15(10-8-13)28(25,26)23-14-4-1-3-12(11-14)18(24)22-19-21-16-5-2-6-17(16)27-19/h1,3-4,7-11,23H,2,5-6H2,(H,21,22,24). The summed E-state index contributed by atoms with van der Waals surface area (Å²) in [5.41, 5.74) is 1.58. The lowest BCUT2D eigenvalue weighted by Crippen LogP contribution is -2.15. The zero-order valence-electron chi connectivity index (χ0n) is 14.6. The predicted octanol–water partition coefficient (Wildman–Crippen LogP) is 3.82. The van der Waals surface area contributed by atoms with Gasteiger partial charge in [-0.1, -0.05) is 6.07 Å². The van der Waals surface area contributed by atoms with Crippen molar-refractivity contribution in [2.45, 2.75) is 24.2 Å². The van der Waals surface area contributed by atoms with Gasteiger partial charge >= 0.3 is 0 Å². The van der Waals surface area contributed by atoms with E-state index in [1.54, 1.807) is 12.1 Å². The maximum absolute atomic E-state index is 13.0. The number of nitrogens with zero attached hydrogens (tertiary/aromatic N) is 1. The number of carbonyl (C=O) groups is 1.